The van der Waals surface area contributed by atoms with Gasteiger partial charge in [0.15, 0.2) is 11.5 Å². The summed E-state index contributed by atoms with van der Waals surface area (Å²) in [7, 11) is -2.15. The molecule has 6 nitrogen and oxygen atoms in total. The van der Waals surface area contributed by atoms with Gasteiger partial charge in [-0.1, -0.05) is 29.8 Å². The third-order valence-corrected chi connectivity index (χ3v) is 6.76. The zero-order valence-corrected chi connectivity index (χ0v) is 20.9. The van der Waals surface area contributed by atoms with E-state index in [-0.39, 0.29) is 17.1 Å². The highest BCUT2D eigenvalue weighted by molar-refractivity contribution is 9.10. The normalized spacial score (nSPS) is 11.4. The summed E-state index contributed by atoms with van der Waals surface area (Å²) in [4.78, 5) is 0.0933. The van der Waals surface area contributed by atoms with Crippen LogP contribution in [0.1, 0.15) is 16.7 Å². The minimum absolute atomic E-state index is 0.0394. The molecule has 33 heavy (non-hydrogen) atoms. The second-order valence-corrected chi connectivity index (χ2v) is 10.0. The van der Waals surface area contributed by atoms with Crippen molar-refractivity contribution in [1.29, 1.82) is 0 Å². The third kappa shape index (κ3) is 6.91. The molecule has 0 amide bonds. The molecule has 0 aliphatic rings. The second kappa shape index (κ2) is 11.3. The van der Waals surface area contributed by atoms with Gasteiger partial charge < -0.3 is 14.8 Å². The van der Waals surface area contributed by atoms with E-state index in [0.29, 0.717) is 40.5 Å². The molecule has 0 aliphatic heterocycles. The van der Waals surface area contributed by atoms with Crippen molar-refractivity contribution in [3.8, 4) is 11.5 Å². The Morgan fingerprint density at radius 2 is 1.85 bits per heavy atom. The highest BCUT2D eigenvalue weighted by atomic mass is 79.9. The lowest BCUT2D eigenvalue weighted by molar-refractivity contribution is 0.277. The minimum Gasteiger partial charge on any atom is -0.493 e. The molecule has 0 heterocycles. The molecule has 0 atom stereocenters. The maximum atomic E-state index is 14.0. The SMILES string of the molecule is COc1cc(CNCCc2ccc(S(N)(=O)=O)cc2)cc(Br)c1OCc1c(F)cccc1Cl. The topological polar surface area (TPSA) is 90.6 Å². The van der Waals surface area contributed by atoms with Gasteiger partial charge >= 0.3 is 0 Å². The van der Waals surface area contributed by atoms with Crippen molar-refractivity contribution in [2.24, 2.45) is 5.14 Å². The molecule has 3 aromatic carbocycles. The molecule has 3 aromatic rings. The molecule has 0 saturated heterocycles. The Hall–Kier alpha value is -2.17. The van der Waals surface area contributed by atoms with Crippen LogP contribution in [0.2, 0.25) is 5.02 Å². The summed E-state index contributed by atoms with van der Waals surface area (Å²) < 4.78 is 48.6. The Balaban J connectivity index is 1.59. The summed E-state index contributed by atoms with van der Waals surface area (Å²) >= 11 is 9.57. The van der Waals surface area contributed by atoms with E-state index in [1.54, 1.807) is 24.3 Å². The van der Waals surface area contributed by atoms with Gasteiger partial charge in [0.2, 0.25) is 10.0 Å². The van der Waals surface area contributed by atoms with Crippen molar-refractivity contribution in [2.45, 2.75) is 24.5 Å². The van der Waals surface area contributed by atoms with E-state index in [0.717, 1.165) is 11.1 Å². The first-order valence-electron chi connectivity index (χ1n) is 9.93. The molecule has 0 radical (unpaired) electrons. The number of hydrogen-bond donors (Lipinski definition) is 2. The summed E-state index contributed by atoms with van der Waals surface area (Å²) in [6, 6.07) is 14.7. The summed E-state index contributed by atoms with van der Waals surface area (Å²) in [6.07, 6.45) is 0.716. The fourth-order valence-corrected chi connectivity index (χ4v) is 4.48. The Morgan fingerprint density at radius 1 is 1.12 bits per heavy atom. The Labute approximate surface area is 206 Å². The summed E-state index contributed by atoms with van der Waals surface area (Å²) in [6.45, 7) is 1.21. The molecular weight excluding hydrogens is 535 g/mol. The van der Waals surface area contributed by atoms with Crippen LogP contribution >= 0.6 is 27.5 Å². The number of nitrogens with one attached hydrogen (secondary N) is 1. The van der Waals surface area contributed by atoms with Gasteiger partial charge in [-0.05, 0) is 76.4 Å². The predicted molar refractivity (Wildman–Crippen MR) is 130 cm³/mol. The average Bonchev–Trinajstić information content (AvgIpc) is 2.77. The Kier molecular flexibility index (Phi) is 8.72. The third-order valence-electron chi connectivity index (χ3n) is 4.88. The van der Waals surface area contributed by atoms with Gasteiger partial charge in [0, 0.05) is 12.1 Å². The van der Waals surface area contributed by atoms with Crippen LogP contribution in [0.3, 0.4) is 0 Å². The van der Waals surface area contributed by atoms with Gasteiger partial charge in [0.25, 0.3) is 0 Å². The van der Waals surface area contributed by atoms with Crippen LogP contribution in [0.15, 0.2) is 64.0 Å². The van der Waals surface area contributed by atoms with Crippen LogP contribution < -0.4 is 19.9 Å². The number of nitrogens with two attached hydrogens (primary N) is 1. The van der Waals surface area contributed by atoms with E-state index in [9.17, 15) is 12.8 Å². The van der Waals surface area contributed by atoms with Gasteiger partial charge in [-0.15, -0.1) is 0 Å². The van der Waals surface area contributed by atoms with E-state index < -0.39 is 15.8 Å². The van der Waals surface area contributed by atoms with Crippen molar-refractivity contribution < 1.29 is 22.3 Å². The molecule has 0 spiro atoms. The number of hydrogen-bond acceptors (Lipinski definition) is 5. The van der Waals surface area contributed by atoms with Gasteiger partial charge in [-0.25, -0.2) is 17.9 Å². The Morgan fingerprint density at radius 3 is 2.48 bits per heavy atom. The maximum absolute atomic E-state index is 14.0. The first-order chi connectivity index (χ1) is 15.7. The van der Waals surface area contributed by atoms with Gasteiger partial charge in [-0.3, -0.25) is 0 Å². The standard InChI is InChI=1S/C23H23BrClFN2O4S/c1-31-22-12-16(13-28-10-9-15-5-7-17(8-6-15)33(27,29)30)11-19(24)23(22)32-14-18-20(25)3-2-4-21(18)26/h2-8,11-12,28H,9-10,13-14H2,1H3,(H2,27,29,30). The van der Waals surface area contributed by atoms with E-state index >= 15 is 0 Å². The van der Waals surface area contributed by atoms with Crippen molar-refractivity contribution in [2.75, 3.05) is 13.7 Å². The molecule has 3 rings (SSSR count). The highest BCUT2D eigenvalue weighted by Crippen LogP contribution is 2.37. The summed E-state index contributed by atoms with van der Waals surface area (Å²) in [5.74, 6) is 0.528. The number of sulfonamides is 1. The molecule has 10 heteroatoms. The predicted octanol–water partition coefficient (Wildman–Crippen LogP) is 4.81. The number of primary sulfonamides is 1. The van der Waals surface area contributed by atoms with Crippen LogP contribution in [0.4, 0.5) is 4.39 Å². The molecule has 3 N–H and O–H groups in total. The van der Waals surface area contributed by atoms with Crippen molar-refractivity contribution >= 4 is 37.6 Å². The van der Waals surface area contributed by atoms with E-state index in [1.807, 2.05) is 12.1 Å². The second-order valence-electron chi connectivity index (χ2n) is 7.21. The quantitative estimate of drug-likeness (QED) is 0.349. The van der Waals surface area contributed by atoms with E-state index in [4.69, 9.17) is 26.2 Å². The smallest absolute Gasteiger partial charge is 0.238 e. The van der Waals surface area contributed by atoms with Gasteiger partial charge in [-0.2, -0.15) is 0 Å². The fourth-order valence-electron chi connectivity index (χ4n) is 3.14. The zero-order valence-electron chi connectivity index (χ0n) is 17.8. The monoisotopic (exact) mass is 556 g/mol. The first-order valence-corrected chi connectivity index (χ1v) is 12.7. The summed E-state index contributed by atoms with van der Waals surface area (Å²) in [5, 5.41) is 8.75. The molecule has 0 aliphatic carbocycles. The molecule has 0 unspecified atom stereocenters. The summed E-state index contributed by atoms with van der Waals surface area (Å²) in [5.41, 5.74) is 2.22. The number of rotatable bonds is 10. The number of benzene rings is 3. The minimum atomic E-state index is -3.69. The molecule has 0 fully saturated rings. The lowest BCUT2D eigenvalue weighted by Gasteiger charge is -2.15. The van der Waals surface area contributed by atoms with Crippen LogP contribution in [-0.2, 0) is 29.6 Å². The Bertz CT molecular complexity index is 1200. The van der Waals surface area contributed by atoms with Crippen LogP contribution in [0.25, 0.3) is 0 Å². The van der Waals surface area contributed by atoms with Crippen molar-refractivity contribution in [3.63, 3.8) is 0 Å². The van der Waals surface area contributed by atoms with Crippen LogP contribution in [0, 0.1) is 5.82 Å². The zero-order chi connectivity index (χ0) is 24.0. The largest absolute Gasteiger partial charge is 0.493 e. The molecule has 0 saturated carbocycles. The van der Waals surface area contributed by atoms with Crippen molar-refractivity contribution in [1.82, 2.24) is 5.32 Å². The van der Waals surface area contributed by atoms with Crippen molar-refractivity contribution in [3.05, 3.63) is 86.6 Å². The lowest BCUT2D eigenvalue weighted by atomic mass is 10.1. The average molecular weight is 558 g/mol. The highest BCUT2D eigenvalue weighted by Gasteiger charge is 2.15. The number of ether oxygens (including phenoxy) is 2. The van der Waals surface area contributed by atoms with Gasteiger partial charge in [0.1, 0.15) is 12.4 Å². The fraction of sp³-hybridized carbons (Fsp3) is 0.217. The van der Waals surface area contributed by atoms with Crippen LogP contribution in [-0.4, -0.2) is 22.1 Å². The molecule has 0 bridgehead atoms. The molecule has 0 aromatic heterocycles. The first kappa shape index (κ1) is 25.5. The lowest BCUT2D eigenvalue weighted by Crippen LogP contribution is -2.17. The molecule has 176 valence electrons. The molecular formula is C23H23BrClFN2O4S. The van der Waals surface area contributed by atoms with E-state index in [1.165, 1.54) is 25.3 Å². The number of methoxy groups -OCH3 is 1. The maximum Gasteiger partial charge on any atom is 0.238 e. The van der Waals surface area contributed by atoms with E-state index in [2.05, 4.69) is 21.2 Å². The van der Waals surface area contributed by atoms with Gasteiger partial charge in [0.05, 0.1) is 21.5 Å². The van der Waals surface area contributed by atoms with Crippen LogP contribution in [0.5, 0.6) is 11.5 Å². The number of halogens is 3.